The molecule has 0 radical (unpaired) electrons. The Morgan fingerprint density at radius 2 is 1.82 bits per heavy atom. The summed E-state index contributed by atoms with van der Waals surface area (Å²) < 4.78 is 68.1. The first-order valence-corrected chi connectivity index (χ1v) is 10.9. The van der Waals surface area contributed by atoms with Gasteiger partial charge >= 0.3 is 12.2 Å². The molecule has 0 spiro atoms. The molecule has 1 N–H and O–H groups in total. The first-order valence-electron chi connectivity index (χ1n) is 10.5. The number of carbonyl (C=O) groups is 1. The van der Waals surface area contributed by atoms with Crippen molar-refractivity contribution in [3.8, 4) is 5.69 Å². The van der Waals surface area contributed by atoms with Gasteiger partial charge in [0.2, 0.25) is 0 Å². The number of alkyl halides is 3. The molecule has 1 fully saturated rings. The van der Waals surface area contributed by atoms with Crippen LogP contribution in [-0.4, -0.2) is 33.8 Å². The van der Waals surface area contributed by atoms with Gasteiger partial charge < -0.3 is 10.2 Å². The number of urea groups is 1. The SMILES string of the molecule is O=C(NCc1cc(C(F)(F)F)nn1-c1cccc(Cl)c1)N1CCC(c2ccc(F)cc2F)CC1. The van der Waals surface area contributed by atoms with Crippen LogP contribution in [0.3, 0.4) is 0 Å². The van der Waals surface area contributed by atoms with Crippen molar-refractivity contribution in [3.63, 3.8) is 0 Å². The minimum absolute atomic E-state index is 0.131. The van der Waals surface area contributed by atoms with Crippen LogP contribution in [0.25, 0.3) is 5.69 Å². The van der Waals surface area contributed by atoms with Gasteiger partial charge in [-0.2, -0.15) is 18.3 Å². The molecular weight excluding hydrogens is 479 g/mol. The number of piperidine rings is 1. The quantitative estimate of drug-likeness (QED) is 0.454. The Morgan fingerprint density at radius 3 is 2.47 bits per heavy atom. The van der Waals surface area contributed by atoms with E-state index in [1.165, 1.54) is 23.1 Å². The smallest absolute Gasteiger partial charge is 0.332 e. The van der Waals surface area contributed by atoms with Crippen LogP contribution in [0.4, 0.5) is 26.7 Å². The summed E-state index contributed by atoms with van der Waals surface area (Å²) in [6.45, 7) is 0.463. The standard InChI is InChI=1S/C23H20ClF5N4O/c24-15-2-1-3-17(10-15)33-18(12-21(31-33)23(27,28)29)13-30-22(34)32-8-6-14(7-9-32)19-5-4-16(25)11-20(19)26/h1-5,10-12,14H,6-9,13H2,(H,30,34). The number of halogens is 6. The van der Waals surface area contributed by atoms with Gasteiger partial charge in [0.05, 0.1) is 17.9 Å². The van der Waals surface area contributed by atoms with Crippen molar-refractivity contribution in [3.05, 3.63) is 82.1 Å². The first-order chi connectivity index (χ1) is 16.1. The zero-order chi connectivity index (χ0) is 24.5. The molecule has 2 heterocycles. The molecule has 4 rings (SSSR count). The number of aromatic nitrogens is 2. The topological polar surface area (TPSA) is 50.2 Å². The van der Waals surface area contributed by atoms with Crippen LogP contribution in [-0.2, 0) is 12.7 Å². The minimum Gasteiger partial charge on any atom is -0.332 e. The van der Waals surface area contributed by atoms with Crippen molar-refractivity contribution in [2.75, 3.05) is 13.1 Å². The van der Waals surface area contributed by atoms with Crippen molar-refractivity contribution in [2.24, 2.45) is 0 Å². The average Bonchev–Trinajstić information content (AvgIpc) is 3.23. The third-order valence-electron chi connectivity index (χ3n) is 5.73. The lowest BCUT2D eigenvalue weighted by atomic mass is 9.89. The van der Waals surface area contributed by atoms with Gasteiger partial charge in [-0.05, 0) is 54.7 Å². The van der Waals surface area contributed by atoms with Gasteiger partial charge in [0.1, 0.15) is 11.6 Å². The van der Waals surface area contributed by atoms with Crippen LogP contribution in [0.5, 0.6) is 0 Å². The van der Waals surface area contributed by atoms with Crippen LogP contribution in [0, 0.1) is 11.6 Å². The van der Waals surface area contributed by atoms with Crippen LogP contribution in [0.2, 0.25) is 5.02 Å². The number of hydrogen-bond donors (Lipinski definition) is 1. The molecule has 2 aromatic carbocycles. The van der Waals surface area contributed by atoms with Gasteiger partial charge in [-0.25, -0.2) is 18.3 Å². The number of likely N-dealkylation sites (tertiary alicyclic amines) is 1. The molecule has 1 aromatic heterocycles. The Balaban J connectivity index is 1.42. The van der Waals surface area contributed by atoms with Crippen molar-refractivity contribution < 1.29 is 26.7 Å². The third-order valence-corrected chi connectivity index (χ3v) is 5.97. The normalized spacial score (nSPS) is 14.9. The van der Waals surface area contributed by atoms with E-state index in [0.29, 0.717) is 42.2 Å². The number of nitrogens with one attached hydrogen (secondary N) is 1. The monoisotopic (exact) mass is 498 g/mol. The van der Waals surface area contributed by atoms with Gasteiger partial charge in [-0.1, -0.05) is 23.7 Å². The predicted molar refractivity (Wildman–Crippen MR) is 116 cm³/mol. The van der Waals surface area contributed by atoms with Crippen molar-refractivity contribution in [1.82, 2.24) is 20.0 Å². The van der Waals surface area contributed by atoms with E-state index in [4.69, 9.17) is 11.6 Å². The van der Waals surface area contributed by atoms with E-state index in [2.05, 4.69) is 10.4 Å². The predicted octanol–water partition coefficient (Wildman–Crippen LogP) is 5.91. The fourth-order valence-electron chi connectivity index (χ4n) is 4.02. The number of benzene rings is 2. The highest BCUT2D eigenvalue weighted by atomic mass is 35.5. The number of hydrogen-bond acceptors (Lipinski definition) is 2. The molecule has 2 amide bonds. The van der Waals surface area contributed by atoms with Crippen LogP contribution in [0.15, 0.2) is 48.5 Å². The summed E-state index contributed by atoms with van der Waals surface area (Å²) in [5.74, 6) is -1.41. The molecule has 0 unspecified atom stereocenters. The summed E-state index contributed by atoms with van der Waals surface area (Å²) in [5.41, 5.74) is -0.217. The highest BCUT2D eigenvalue weighted by molar-refractivity contribution is 6.30. The lowest BCUT2D eigenvalue weighted by Gasteiger charge is -2.32. The average molecular weight is 499 g/mol. The van der Waals surface area contributed by atoms with E-state index >= 15 is 0 Å². The zero-order valence-electron chi connectivity index (χ0n) is 17.7. The summed E-state index contributed by atoms with van der Waals surface area (Å²) >= 11 is 5.96. The molecule has 1 saturated heterocycles. The Hall–Kier alpha value is -3.14. The Bertz CT molecular complexity index is 1190. The summed E-state index contributed by atoms with van der Waals surface area (Å²) in [6, 6.07) is 10.1. The van der Waals surface area contributed by atoms with E-state index in [1.54, 1.807) is 18.2 Å². The molecule has 3 aromatic rings. The first kappa shape index (κ1) is 24.0. The van der Waals surface area contributed by atoms with Crippen molar-refractivity contribution >= 4 is 17.6 Å². The van der Waals surface area contributed by atoms with Gasteiger partial charge in [-0.15, -0.1) is 0 Å². The molecule has 180 valence electrons. The van der Waals surface area contributed by atoms with Crippen molar-refractivity contribution in [2.45, 2.75) is 31.5 Å². The maximum Gasteiger partial charge on any atom is 0.435 e. The number of amides is 2. The number of nitrogens with zero attached hydrogens (tertiary/aromatic N) is 3. The molecular formula is C23H20ClF5N4O. The highest BCUT2D eigenvalue weighted by Crippen LogP contribution is 2.31. The van der Waals surface area contributed by atoms with Crippen molar-refractivity contribution in [1.29, 1.82) is 0 Å². The third kappa shape index (κ3) is 5.32. The van der Waals surface area contributed by atoms with Gasteiger partial charge in [-0.3, -0.25) is 0 Å². The maximum atomic E-state index is 14.1. The number of carbonyl (C=O) groups excluding carboxylic acids is 1. The van der Waals surface area contributed by atoms with E-state index in [-0.39, 0.29) is 18.2 Å². The van der Waals surface area contributed by atoms with E-state index in [1.807, 2.05) is 0 Å². The fourth-order valence-corrected chi connectivity index (χ4v) is 4.20. The van der Waals surface area contributed by atoms with Gasteiger partial charge in [0.15, 0.2) is 5.69 Å². The molecule has 0 aliphatic carbocycles. The summed E-state index contributed by atoms with van der Waals surface area (Å²) in [7, 11) is 0. The Morgan fingerprint density at radius 1 is 1.09 bits per heavy atom. The Labute approximate surface area is 197 Å². The van der Waals surface area contributed by atoms with Gasteiger partial charge in [0.25, 0.3) is 0 Å². The summed E-state index contributed by atoms with van der Waals surface area (Å²) in [4.78, 5) is 14.2. The van der Waals surface area contributed by atoms with Crippen LogP contribution in [0.1, 0.15) is 35.7 Å². The number of rotatable bonds is 4. The Kier molecular flexibility index (Phi) is 6.79. The second kappa shape index (κ2) is 9.61. The van der Waals surface area contributed by atoms with E-state index in [0.717, 1.165) is 16.8 Å². The van der Waals surface area contributed by atoms with E-state index < -0.39 is 29.5 Å². The van der Waals surface area contributed by atoms with E-state index in [9.17, 15) is 26.7 Å². The minimum atomic E-state index is -4.65. The summed E-state index contributed by atoms with van der Waals surface area (Å²) in [6.07, 6.45) is -3.69. The second-order valence-corrected chi connectivity index (χ2v) is 8.43. The maximum absolute atomic E-state index is 14.1. The molecule has 0 atom stereocenters. The fraction of sp³-hybridized carbons (Fsp3) is 0.304. The molecule has 0 saturated carbocycles. The molecule has 1 aliphatic heterocycles. The molecule has 1 aliphatic rings. The zero-order valence-corrected chi connectivity index (χ0v) is 18.5. The molecule has 11 heteroatoms. The lowest BCUT2D eigenvalue weighted by Crippen LogP contribution is -2.44. The largest absolute Gasteiger partial charge is 0.435 e. The molecule has 0 bridgehead atoms. The molecule has 5 nitrogen and oxygen atoms in total. The van der Waals surface area contributed by atoms with Gasteiger partial charge in [0, 0.05) is 24.2 Å². The van der Waals surface area contributed by atoms with Crippen LogP contribution >= 0.6 is 11.6 Å². The molecule has 34 heavy (non-hydrogen) atoms. The van der Waals surface area contributed by atoms with Crippen LogP contribution < -0.4 is 5.32 Å². The second-order valence-electron chi connectivity index (χ2n) is 8.00. The summed E-state index contributed by atoms with van der Waals surface area (Å²) in [5, 5.41) is 6.61. The lowest BCUT2D eigenvalue weighted by molar-refractivity contribution is -0.141. The highest BCUT2D eigenvalue weighted by Gasteiger charge is 2.35.